The van der Waals surface area contributed by atoms with Gasteiger partial charge in [0.15, 0.2) is 5.16 Å². The molecule has 2 unspecified atom stereocenters. The van der Waals surface area contributed by atoms with Crippen LogP contribution in [0.25, 0.3) is 0 Å². The summed E-state index contributed by atoms with van der Waals surface area (Å²) in [4.78, 5) is 25.9. The van der Waals surface area contributed by atoms with Gasteiger partial charge in [0.05, 0.1) is 0 Å². The maximum absolute atomic E-state index is 12.3. The van der Waals surface area contributed by atoms with E-state index in [2.05, 4.69) is 70.4 Å². The van der Waals surface area contributed by atoms with Gasteiger partial charge < -0.3 is 14.8 Å². The van der Waals surface area contributed by atoms with E-state index in [1.54, 1.807) is 11.8 Å². The average Bonchev–Trinajstić information content (AvgIpc) is 3.48. The molecule has 2 heterocycles. The molecule has 2 atom stereocenters. The third kappa shape index (κ3) is 8.72. The number of hydrogen-bond acceptors (Lipinski definition) is 5. The number of carbonyl (C=O) groups excluding carboxylic acids is 2. The first-order chi connectivity index (χ1) is 18.5. The Balaban J connectivity index is 1.23. The molecule has 1 fully saturated rings. The number of allylic oxidation sites excluding steroid dienone is 7. The number of aryl methyl sites for hydroxylation is 1. The maximum atomic E-state index is 12.3. The highest BCUT2D eigenvalue weighted by Gasteiger charge is 2.20. The number of unbranched alkanes of at least 4 members (excludes halogenated alkanes) is 1. The number of amides is 2. The average molecular weight is 538 g/mol. The van der Waals surface area contributed by atoms with E-state index in [1.807, 2.05) is 4.90 Å². The van der Waals surface area contributed by atoms with E-state index in [0.29, 0.717) is 31.2 Å². The second kappa shape index (κ2) is 14.5. The summed E-state index contributed by atoms with van der Waals surface area (Å²) in [5.74, 6) is 3.35. The molecule has 3 aliphatic rings. The van der Waals surface area contributed by atoms with Crippen molar-refractivity contribution >= 4 is 23.6 Å². The molecule has 4 rings (SSSR count). The highest BCUT2D eigenvalue weighted by molar-refractivity contribution is 7.99. The Labute approximate surface area is 231 Å². The molecule has 206 valence electrons. The molecule has 1 aromatic rings. The Morgan fingerprint density at radius 1 is 1.21 bits per heavy atom. The van der Waals surface area contributed by atoms with Crippen LogP contribution < -0.4 is 5.32 Å². The zero-order valence-corrected chi connectivity index (χ0v) is 23.8. The minimum atomic E-state index is 0.0916. The van der Waals surface area contributed by atoms with E-state index in [-0.39, 0.29) is 11.8 Å². The van der Waals surface area contributed by atoms with Gasteiger partial charge in [0.2, 0.25) is 11.8 Å². The Morgan fingerprint density at radius 3 is 2.87 bits per heavy atom. The van der Waals surface area contributed by atoms with Gasteiger partial charge in [0.25, 0.3) is 0 Å². The summed E-state index contributed by atoms with van der Waals surface area (Å²) in [6.07, 6.45) is 21.1. The summed E-state index contributed by atoms with van der Waals surface area (Å²) >= 11 is 1.79. The summed E-state index contributed by atoms with van der Waals surface area (Å²) in [7, 11) is 0. The van der Waals surface area contributed by atoms with Crippen molar-refractivity contribution in [1.29, 1.82) is 0 Å². The fourth-order valence-corrected chi connectivity index (χ4v) is 6.45. The van der Waals surface area contributed by atoms with Crippen LogP contribution in [0, 0.1) is 11.8 Å². The summed E-state index contributed by atoms with van der Waals surface area (Å²) in [5.41, 5.74) is 2.82. The lowest BCUT2D eigenvalue weighted by Gasteiger charge is -2.19. The van der Waals surface area contributed by atoms with Crippen LogP contribution in [0.5, 0.6) is 0 Å². The van der Waals surface area contributed by atoms with Gasteiger partial charge in [-0.3, -0.25) is 9.59 Å². The topological polar surface area (TPSA) is 80.1 Å². The van der Waals surface area contributed by atoms with Crippen molar-refractivity contribution in [3.63, 3.8) is 0 Å². The SMILES string of the molecule is CC1=CC(C)CC(CSc2nnc(CCCCC(=O)NCCCN3CCCC3=O)n2CC2C=CC=CC2)=C1. The molecule has 1 N–H and O–H groups in total. The quantitative estimate of drug-likeness (QED) is 0.259. The van der Waals surface area contributed by atoms with E-state index in [9.17, 15) is 9.59 Å². The lowest BCUT2D eigenvalue weighted by atomic mass is 9.93. The number of hydrogen-bond donors (Lipinski definition) is 1. The number of carbonyl (C=O) groups is 2. The van der Waals surface area contributed by atoms with Crippen molar-refractivity contribution < 1.29 is 9.59 Å². The maximum Gasteiger partial charge on any atom is 0.222 e. The van der Waals surface area contributed by atoms with Crippen LogP contribution in [0.15, 0.2) is 52.8 Å². The van der Waals surface area contributed by atoms with Gasteiger partial charge in [-0.25, -0.2) is 0 Å². The van der Waals surface area contributed by atoms with Crippen molar-refractivity contribution in [2.45, 2.75) is 83.3 Å². The minimum absolute atomic E-state index is 0.0916. The van der Waals surface area contributed by atoms with Crippen LogP contribution >= 0.6 is 11.8 Å². The monoisotopic (exact) mass is 537 g/mol. The van der Waals surface area contributed by atoms with Crippen LogP contribution in [0.3, 0.4) is 0 Å². The van der Waals surface area contributed by atoms with E-state index in [0.717, 1.165) is 81.3 Å². The minimum Gasteiger partial charge on any atom is -0.356 e. The molecule has 2 aliphatic carbocycles. The zero-order chi connectivity index (χ0) is 26.7. The molecule has 1 aliphatic heterocycles. The number of likely N-dealkylation sites (tertiary alicyclic amines) is 1. The Bertz CT molecular complexity index is 1090. The Kier molecular flexibility index (Phi) is 10.9. The van der Waals surface area contributed by atoms with E-state index >= 15 is 0 Å². The molecule has 7 nitrogen and oxygen atoms in total. The molecular weight excluding hydrogens is 494 g/mol. The number of rotatable bonds is 14. The van der Waals surface area contributed by atoms with Gasteiger partial charge in [-0.1, -0.05) is 66.3 Å². The van der Waals surface area contributed by atoms with Gasteiger partial charge in [-0.05, 0) is 57.3 Å². The fourth-order valence-electron chi connectivity index (χ4n) is 5.50. The predicted octanol–water partition coefficient (Wildman–Crippen LogP) is 5.26. The molecule has 1 aromatic heterocycles. The zero-order valence-electron chi connectivity index (χ0n) is 23.0. The highest BCUT2D eigenvalue weighted by Crippen LogP contribution is 2.29. The summed E-state index contributed by atoms with van der Waals surface area (Å²) in [5, 5.41) is 13.2. The first-order valence-electron chi connectivity index (χ1n) is 14.3. The van der Waals surface area contributed by atoms with Crippen LogP contribution in [0.1, 0.15) is 71.0 Å². The molecule has 1 saturated heterocycles. The van der Waals surface area contributed by atoms with E-state index in [1.165, 1.54) is 11.1 Å². The van der Waals surface area contributed by atoms with Crippen LogP contribution in [0.4, 0.5) is 0 Å². The third-order valence-corrected chi connectivity index (χ3v) is 8.46. The molecule has 38 heavy (non-hydrogen) atoms. The van der Waals surface area contributed by atoms with E-state index < -0.39 is 0 Å². The van der Waals surface area contributed by atoms with Gasteiger partial charge in [-0.15, -0.1) is 10.2 Å². The summed E-state index contributed by atoms with van der Waals surface area (Å²) in [6.45, 7) is 7.58. The third-order valence-electron chi connectivity index (χ3n) is 7.38. The highest BCUT2D eigenvalue weighted by atomic mass is 32.2. The van der Waals surface area contributed by atoms with Crippen molar-refractivity contribution in [2.24, 2.45) is 11.8 Å². The lowest BCUT2D eigenvalue weighted by Crippen LogP contribution is -2.30. The molecule has 0 spiro atoms. The van der Waals surface area contributed by atoms with Gasteiger partial charge >= 0.3 is 0 Å². The van der Waals surface area contributed by atoms with Gasteiger partial charge in [0, 0.05) is 51.2 Å². The largest absolute Gasteiger partial charge is 0.356 e. The normalized spacial score (nSPS) is 21.1. The lowest BCUT2D eigenvalue weighted by molar-refractivity contribution is -0.127. The smallest absolute Gasteiger partial charge is 0.222 e. The molecular formula is C30H43N5O2S. The molecule has 8 heteroatoms. The predicted molar refractivity (Wildman–Crippen MR) is 154 cm³/mol. The Hall–Kier alpha value is -2.61. The van der Waals surface area contributed by atoms with Crippen molar-refractivity contribution in [1.82, 2.24) is 25.0 Å². The first-order valence-corrected chi connectivity index (χ1v) is 15.3. The van der Waals surface area contributed by atoms with Crippen molar-refractivity contribution in [3.8, 4) is 0 Å². The Morgan fingerprint density at radius 2 is 2.11 bits per heavy atom. The van der Waals surface area contributed by atoms with Crippen molar-refractivity contribution in [2.75, 3.05) is 25.4 Å². The van der Waals surface area contributed by atoms with Crippen LogP contribution in [-0.4, -0.2) is 56.9 Å². The number of aromatic nitrogens is 3. The van der Waals surface area contributed by atoms with E-state index in [4.69, 9.17) is 0 Å². The second-order valence-electron chi connectivity index (χ2n) is 10.9. The molecule has 0 saturated carbocycles. The van der Waals surface area contributed by atoms with Crippen LogP contribution in [0.2, 0.25) is 0 Å². The van der Waals surface area contributed by atoms with Crippen molar-refractivity contribution in [3.05, 3.63) is 53.4 Å². The van der Waals surface area contributed by atoms with Gasteiger partial charge in [-0.2, -0.15) is 0 Å². The molecule has 0 radical (unpaired) electrons. The molecule has 0 bridgehead atoms. The molecule has 0 aromatic carbocycles. The second-order valence-corrected chi connectivity index (χ2v) is 11.8. The number of thioether (sulfide) groups is 1. The van der Waals surface area contributed by atoms with Crippen LogP contribution in [-0.2, 0) is 22.6 Å². The first kappa shape index (κ1) is 28.4. The standard InChI is InChI=1S/C30H43N5O2S/c1-23-18-24(2)20-26(19-23)22-38-30-33-32-27(35(30)21-25-10-4-3-5-11-25)12-6-7-13-28(36)31-15-9-17-34-16-8-14-29(34)37/h3-5,10,18-19,24-25H,6-9,11-17,20-22H2,1-2H3,(H,31,36). The summed E-state index contributed by atoms with van der Waals surface area (Å²) in [6, 6.07) is 0. The molecule has 2 amide bonds. The number of nitrogens with one attached hydrogen (secondary N) is 1. The summed E-state index contributed by atoms with van der Waals surface area (Å²) < 4.78 is 2.31. The number of nitrogens with zero attached hydrogens (tertiary/aromatic N) is 4. The van der Waals surface area contributed by atoms with Gasteiger partial charge in [0.1, 0.15) is 5.82 Å². The fraction of sp³-hybridized carbons (Fsp3) is 0.600.